The molecule has 0 saturated heterocycles. The standard InChI is InChI=1S/C26H26N2O4S/c1-17(2)10-12-32-20-8-3-7-19(14-20)23-22(24(29)21-9-5-13-33-21)25(30)26(31)28(23)16-18-6-4-11-27-15-18/h3-9,11,13-15,17,23,30H,10,12,16H2,1-2H3. The summed E-state index contributed by atoms with van der Waals surface area (Å²) in [6.45, 7) is 5.06. The van der Waals surface area contributed by atoms with Crippen LogP contribution in [0.2, 0.25) is 0 Å². The smallest absolute Gasteiger partial charge is 0.290 e. The minimum absolute atomic E-state index is 0.0886. The Balaban J connectivity index is 1.72. The Hall–Kier alpha value is -3.45. The molecule has 2 aromatic heterocycles. The number of aromatic nitrogens is 1. The number of hydrogen-bond acceptors (Lipinski definition) is 6. The monoisotopic (exact) mass is 462 g/mol. The lowest BCUT2D eigenvalue weighted by Crippen LogP contribution is -2.30. The van der Waals surface area contributed by atoms with E-state index in [0.29, 0.717) is 28.7 Å². The number of Topliss-reactive ketones (excluding diaryl/α,β-unsaturated/α-hetero) is 1. The number of hydrogen-bond donors (Lipinski definition) is 1. The Labute approximate surface area is 197 Å². The molecule has 0 spiro atoms. The van der Waals surface area contributed by atoms with Gasteiger partial charge < -0.3 is 14.7 Å². The van der Waals surface area contributed by atoms with Gasteiger partial charge in [-0.15, -0.1) is 11.3 Å². The lowest BCUT2D eigenvalue weighted by atomic mass is 9.95. The van der Waals surface area contributed by atoms with Gasteiger partial charge in [-0.25, -0.2) is 0 Å². The highest BCUT2D eigenvalue weighted by molar-refractivity contribution is 7.12. The number of rotatable bonds is 9. The van der Waals surface area contributed by atoms with E-state index in [1.165, 1.54) is 16.2 Å². The summed E-state index contributed by atoms with van der Waals surface area (Å²) < 4.78 is 5.92. The number of aliphatic hydroxyl groups excluding tert-OH is 1. The van der Waals surface area contributed by atoms with Gasteiger partial charge in [0.25, 0.3) is 5.91 Å². The summed E-state index contributed by atoms with van der Waals surface area (Å²) >= 11 is 1.28. The molecule has 3 heterocycles. The largest absolute Gasteiger partial charge is 0.503 e. The molecule has 0 saturated carbocycles. The topological polar surface area (TPSA) is 79.7 Å². The molecule has 1 aromatic carbocycles. The van der Waals surface area contributed by atoms with Crippen LogP contribution in [-0.4, -0.2) is 33.3 Å². The van der Waals surface area contributed by atoms with Crippen molar-refractivity contribution < 1.29 is 19.4 Å². The summed E-state index contributed by atoms with van der Waals surface area (Å²) in [5.41, 5.74) is 1.60. The van der Waals surface area contributed by atoms with Crippen LogP contribution in [0.4, 0.5) is 0 Å². The molecule has 33 heavy (non-hydrogen) atoms. The van der Waals surface area contributed by atoms with Gasteiger partial charge in [0.1, 0.15) is 5.75 Å². The molecular weight excluding hydrogens is 436 g/mol. The van der Waals surface area contributed by atoms with E-state index in [-0.39, 0.29) is 17.9 Å². The molecule has 6 nitrogen and oxygen atoms in total. The van der Waals surface area contributed by atoms with Gasteiger partial charge >= 0.3 is 0 Å². The predicted molar refractivity (Wildman–Crippen MR) is 127 cm³/mol. The van der Waals surface area contributed by atoms with Crippen molar-refractivity contribution >= 4 is 23.0 Å². The number of thiophene rings is 1. The number of ketones is 1. The first-order valence-electron chi connectivity index (χ1n) is 10.9. The average molecular weight is 463 g/mol. The van der Waals surface area contributed by atoms with Gasteiger partial charge in [0.2, 0.25) is 5.78 Å². The fourth-order valence-electron chi connectivity index (χ4n) is 3.81. The maximum absolute atomic E-state index is 13.3. The zero-order valence-corrected chi connectivity index (χ0v) is 19.4. The lowest BCUT2D eigenvalue weighted by Gasteiger charge is -2.27. The number of carbonyl (C=O) groups excluding carboxylic acids is 2. The van der Waals surface area contributed by atoms with E-state index in [1.54, 1.807) is 36.0 Å². The molecule has 1 unspecified atom stereocenters. The van der Waals surface area contributed by atoms with Gasteiger partial charge in [-0.2, -0.15) is 0 Å². The molecule has 0 radical (unpaired) electrons. The minimum Gasteiger partial charge on any atom is -0.503 e. The van der Waals surface area contributed by atoms with E-state index in [0.717, 1.165) is 12.0 Å². The van der Waals surface area contributed by atoms with Crippen molar-refractivity contribution in [2.24, 2.45) is 5.92 Å². The van der Waals surface area contributed by atoms with Crippen LogP contribution in [0, 0.1) is 5.92 Å². The number of carbonyl (C=O) groups is 2. The number of aliphatic hydroxyl groups is 1. The molecule has 1 atom stereocenters. The molecular formula is C26H26N2O4S. The Kier molecular flexibility index (Phi) is 6.89. The number of ether oxygens (including phenoxy) is 1. The molecule has 4 rings (SSSR count). The van der Waals surface area contributed by atoms with Gasteiger partial charge in [0.05, 0.1) is 23.1 Å². The van der Waals surface area contributed by atoms with Gasteiger partial charge in [-0.05, 0) is 53.1 Å². The number of pyridine rings is 1. The van der Waals surface area contributed by atoms with E-state index in [4.69, 9.17) is 4.74 Å². The van der Waals surface area contributed by atoms with E-state index in [1.807, 2.05) is 30.3 Å². The first-order chi connectivity index (χ1) is 16.0. The van der Waals surface area contributed by atoms with Crippen LogP contribution in [0.25, 0.3) is 0 Å². The van der Waals surface area contributed by atoms with Crippen LogP contribution in [0.3, 0.4) is 0 Å². The summed E-state index contributed by atoms with van der Waals surface area (Å²) in [7, 11) is 0. The van der Waals surface area contributed by atoms with Crippen LogP contribution in [-0.2, 0) is 11.3 Å². The third-order valence-corrected chi connectivity index (χ3v) is 6.38. The van der Waals surface area contributed by atoms with Crippen LogP contribution in [0.5, 0.6) is 5.75 Å². The van der Waals surface area contributed by atoms with Crippen molar-refractivity contribution in [2.75, 3.05) is 6.61 Å². The van der Waals surface area contributed by atoms with Crippen LogP contribution < -0.4 is 4.74 Å². The van der Waals surface area contributed by atoms with Crippen LogP contribution >= 0.6 is 11.3 Å². The molecule has 3 aromatic rings. The Morgan fingerprint density at radius 1 is 1.21 bits per heavy atom. The molecule has 0 fully saturated rings. The molecule has 170 valence electrons. The molecule has 1 aliphatic heterocycles. The van der Waals surface area contributed by atoms with E-state index >= 15 is 0 Å². The second-order valence-corrected chi connectivity index (χ2v) is 9.32. The highest BCUT2D eigenvalue weighted by Crippen LogP contribution is 2.41. The molecule has 1 N–H and O–H groups in total. The van der Waals surface area contributed by atoms with Crippen LogP contribution in [0.15, 0.2) is 77.6 Å². The van der Waals surface area contributed by atoms with Crippen molar-refractivity contribution in [2.45, 2.75) is 32.9 Å². The zero-order chi connectivity index (χ0) is 23.4. The van der Waals surface area contributed by atoms with Crippen molar-refractivity contribution in [3.8, 4) is 5.75 Å². The SMILES string of the molecule is CC(C)CCOc1cccc(C2C(C(=O)c3cccs3)=C(O)C(=O)N2Cc2cccnc2)c1. The summed E-state index contributed by atoms with van der Waals surface area (Å²) in [5.74, 6) is -0.245. The minimum atomic E-state index is -0.735. The molecule has 0 aliphatic carbocycles. The maximum atomic E-state index is 13.3. The lowest BCUT2D eigenvalue weighted by molar-refractivity contribution is -0.130. The van der Waals surface area contributed by atoms with Gasteiger partial charge in [0, 0.05) is 18.9 Å². The van der Waals surface area contributed by atoms with Crippen LogP contribution in [0.1, 0.15) is 47.1 Å². The Morgan fingerprint density at radius 3 is 2.76 bits per heavy atom. The first-order valence-corrected chi connectivity index (χ1v) is 11.8. The van der Waals surface area contributed by atoms with Gasteiger partial charge in [-0.1, -0.05) is 38.1 Å². The van der Waals surface area contributed by atoms with Gasteiger partial charge in [-0.3, -0.25) is 14.6 Å². The van der Waals surface area contributed by atoms with E-state index in [2.05, 4.69) is 18.8 Å². The summed E-state index contributed by atoms with van der Waals surface area (Å²) in [6.07, 6.45) is 4.25. The summed E-state index contributed by atoms with van der Waals surface area (Å²) in [4.78, 5) is 32.6. The fourth-order valence-corrected chi connectivity index (χ4v) is 4.49. The van der Waals surface area contributed by atoms with Crippen molar-refractivity contribution in [3.05, 3.63) is 93.6 Å². The third kappa shape index (κ3) is 4.98. The zero-order valence-electron chi connectivity index (χ0n) is 18.6. The predicted octanol–water partition coefficient (Wildman–Crippen LogP) is 5.35. The second-order valence-electron chi connectivity index (χ2n) is 8.37. The third-order valence-electron chi connectivity index (χ3n) is 5.51. The molecule has 7 heteroatoms. The normalized spacial score (nSPS) is 16.0. The van der Waals surface area contributed by atoms with Gasteiger partial charge in [0.15, 0.2) is 5.76 Å². The second kappa shape index (κ2) is 10.0. The van der Waals surface area contributed by atoms with E-state index in [9.17, 15) is 14.7 Å². The Morgan fingerprint density at radius 2 is 2.06 bits per heavy atom. The number of benzene rings is 1. The number of amides is 1. The van der Waals surface area contributed by atoms with Crippen molar-refractivity contribution in [3.63, 3.8) is 0 Å². The maximum Gasteiger partial charge on any atom is 0.290 e. The first kappa shape index (κ1) is 22.7. The summed E-state index contributed by atoms with van der Waals surface area (Å²) in [6, 6.07) is 13.8. The fraction of sp³-hybridized carbons (Fsp3) is 0.269. The highest BCUT2D eigenvalue weighted by atomic mass is 32.1. The van der Waals surface area contributed by atoms with Crippen molar-refractivity contribution in [1.82, 2.24) is 9.88 Å². The molecule has 1 aliphatic rings. The van der Waals surface area contributed by atoms with E-state index < -0.39 is 17.7 Å². The Bertz CT molecular complexity index is 1160. The quantitative estimate of drug-likeness (QED) is 0.434. The number of nitrogens with zero attached hydrogens (tertiary/aromatic N) is 2. The van der Waals surface area contributed by atoms with Crippen molar-refractivity contribution in [1.29, 1.82) is 0 Å². The summed E-state index contributed by atoms with van der Waals surface area (Å²) in [5, 5.41) is 12.6. The molecule has 1 amide bonds. The highest BCUT2D eigenvalue weighted by Gasteiger charge is 2.44. The molecule has 0 bridgehead atoms. The average Bonchev–Trinajstić information content (AvgIpc) is 3.43.